The molecule has 1 aliphatic rings. The van der Waals surface area contributed by atoms with Gasteiger partial charge in [-0.15, -0.1) is 11.3 Å². The lowest BCUT2D eigenvalue weighted by atomic mass is 10.0. The summed E-state index contributed by atoms with van der Waals surface area (Å²) >= 11 is 7.63. The Labute approximate surface area is 213 Å². The van der Waals surface area contributed by atoms with Crippen LogP contribution in [-0.4, -0.2) is 41.2 Å². The second-order valence-electron chi connectivity index (χ2n) is 8.61. The number of benzene rings is 1. The maximum Gasteiger partial charge on any atom is 0.333 e. The minimum Gasteiger partial charge on any atom is -0.388 e. The molecule has 0 bridgehead atoms. The molecule has 4 atom stereocenters. The first kappa shape index (κ1) is 26.0. The standard InChI is InChI=1S/C23H27ClN4O5S2/c24-22-17(19(29)9-14-4-2-1-3-5-14)10-20(34-22)21(30)18-11-26-13-27-23(18)28-16-7-6-15(8-16)12-33-35(25,31)32/h1-5,10-11,13,15-16,19,21,29-30H,6-9,12H2,(H2,25,31,32)(H,26,27,28)/t15-,16+,19?,21?/m1/s1. The minimum atomic E-state index is -3.96. The van der Waals surface area contributed by atoms with Gasteiger partial charge >= 0.3 is 10.3 Å². The fraction of sp³-hybridized carbons (Fsp3) is 0.391. The number of nitrogens with zero attached hydrogens (tertiary/aromatic N) is 2. The van der Waals surface area contributed by atoms with Gasteiger partial charge in [-0.25, -0.2) is 15.1 Å². The van der Waals surface area contributed by atoms with Gasteiger partial charge in [0.25, 0.3) is 0 Å². The van der Waals surface area contributed by atoms with Crippen molar-refractivity contribution in [3.63, 3.8) is 0 Å². The zero-order valence-electron chi connectivity index (χ0n) is 18.7. The van der Waals surface area contributed by atoms with E-state index in [-0.39, 0.29) is 18.6 Å². The Kier molecular flexibility index (Phi) is 8.38. The molecule has 2 aromatic heterocycles. The van der Waals surface area contributed by atoms with E-state index >= 15 is 0 Å². The van der Waals surface area contributed by atoms with E-state index in [1.807, 2.05) is 30.3 Å². The maximum atomic E-state index is 11.1. The number of aromatic nitrogens is 2. The van der Waals surface area contributed by atoms with Gasteiger partial charge in [-0.05, 0) is 36.8 Å². The van der Waals surface area contributed by atoms with Gasteiger partial charge in [0.2, 0.25) is 0 Å². The summed E-state index contributed by atoms with van der Waals surface area (Å²) in [5.41, 5.74) is 2.03. The van der Waals surface area contributed by atoms with Crippen LogP contribution in [0, 0.1) is 5.92 Å². The molecule has 2 unspecified atom stereocenters. The Balaban J connectivity index is 1.44. The number of thiophene rings is 1. The molecule has 188 valence electrons. The summed E-state index contributed by atoms with van der Waals surface area (Å²) in [5, 5.41) is 30.1. The Morgan fingerprint density at radius 3 is 2.74 bits per heavy atom. The average molecular weight is 539 g/mol. The SMILES string of the molecule is NS(=O)(=O)OC[C@@H]1CC[C@H](Nc2ncncc2C(O)c2cc(C(O)Cc3ccccc3)c(Cl)s2)C1. The Hall–Kier alpha value is -2.12. The van der Waals surface area contributed by atoms with Crippen molar-refractivity contribution in [3.05, 3.63) is 74.8 Å². The highest BCUT2D eigenvalue weighted by molar-refractivity contribution is 7.84. The Morgan fingerprint density at radius 1 is 1.23 bits per heavy atom. The number of aliphatic hydroxyl groups excluding tert-OH is 2. The minimum absolute atomic E-state index is 0.0279. The normalized spacial score (nSPS) is 20.0. The molecule has 0 saturated heterocycles. The van der Waals surface area contributed by atoms with Crippen molar-refractivity contribution in [1.29, 1.82) is 0 Å². The van der Waals surface area contributed by atoms with E-state index < -0.39 is 22.5 Å². The van der Waals surface area contributed by atoms with E-state index in [2.05, 4.69) is 15.3 Å². The fourth-order valence-electron chi connectivity index (χ4n) is 4.27. The van der Waals surface area contributed by atoms with Crippen LogP contribution in [0.3, 0.4) is 0 Å². The molecule has 12 heteroatoms. The summed E-state index contributed by atoms with van der Waals surface area (Å²) < 4.78 is 27.2. The summed E-state index contributed by atoms with van der Waals surface area (Å²) in [5.74, 6) is 0.534. The molecule has 1 aliphatic carbocycles. The summed E-state index contributed by atoms with van der Waals surface area (Å²) in [6, 6.07) is 11.4. The van der Waals surface area contributed by atoms with Gasteiger partial charge < -0.3 is 15.5 Å². The zero-order valence-corrected chi connectivity index (χ0v) is 21.1. The number of hydrogen-bond acceptors (Lipinski definition) is 9. The van der Waals surface area contributed by atoms with Crippen LogP contribution in [0.15, 0.2) is 48.9 Å². The van der Waals surface area contributed by atoms with Crippen molar-refractivity contribution >= 4 is 39.1 Å². The molecule has 2 heterocycles. The van der Waals surface area contributed by atoms with Gasteiger partial charge in [0.15, 0.2) is 0 Å². The van der Waals surface area contributed by atoms with Crippen molar-refractivity contribution in [2.45, 2.75) is 43.9 Å². The second kappa shape index (κ2) is 11.3. The van der Waals surface area contributed by atoms with Gasteiger partial charge in [-0.3, -0.25) is 4.18 Å². The quantitative estimate of drug-likeness (QED) is 0.307. The summed E-state index contributed by atoms with van der Waals surface area (Å²) in [4.78, 5) is 8.95. The number of nitrogens with two attached hydrogens (primary N) is 1. The molecule has 0 amide bonds. The first-order valence-electron chi connectivity index (χ1n) is 11.1. The molecular formula is C23H27ClN4O5S2. The molecule has 35 heavy (non-hydrogen) atoms. The highest BCUT2D eigenvalue weighted by atomic mass is 35.5. The van der Waals surface area contributed by atoms with Gasteiger partial charge in [0.05, 0.1) is 17.0 Å². The van der Waals surface area contributed by atoms with Gasteiger partial charge in [0.1, 0.15) is 18.2 Å². The van der Waals surface area contributed by atoms with Crippen LogP contribution < -0.4 is 10.5 Å². The predicted octanol–water partition coefficient (Wildman–Crippen LogP) is 3.35. The van der Waals surface area contributed by atoms with Crippen LogP contribution in [0.4, 0.5) is 5.82 Å². The zero-order chi connectivity index (χ0) is 25.0. The number of hydrogen-bond donors (Lipinski definition) is 4. The van der Waals surface area contributed by atoms with Crippen LogP contribution in [-0.2, 0) is 20.9 Å². The smallest absolute Gasteiger partial charge is 0.333 e. The van der Waals surface area contributed by atoms with Gasteiger partial charge in [-0.1, -0.05) is 41.9 Å². The van der Waals surface area contributed by atoms with Gasteiger partial charge in [0, 0.05) is 34.7 Å². The van der Waals surface area contributed by atoms with E-state index in [1.165, 1.54) is 17.7 Å². The maximum absolute atomic E-state index is 11.1. The average Bonchev–Trinajstić information content (AvgIpc) is 3.44. The monoisotopic (exact) mass is 538 g/mol. The van der Waals surface area contributed by atoms with Crippen molar-refractivity contribution in [2.75, 3.05) is 11.9 Å². The van der Waals surface area contributed by atoms with E-state index in [0.717, 1.165) is 18.4 Å². The van der Waals surface area contributed by atoms with Crippen molar-refractivity contribution < 1.29 is 22.8 Å². The molecular weight excluding hydrogens is 512 g/mol. The van der Waals surface area contributed by atoms with Crippen LogP contribution in [0.1, 0.15) is 53.0 Å². The Morgan fingerprint density at radius 2 is 2.00 bits per heavy atom. The first-order valence-corrected chi connectivity index (χ1v) is 13.8. The lowest BCUT2D eigenvalue weighted by Gasteiger charge is -2.18. The van der Waals surface area contributed by atoms with Crippen molar-refractivity contribution in [2.24, 2.45) is 11.1 Å². The van der Waals surface area contributed by atoms with Crippen molar-refractivity contribution in [1.82, 2.24) is 9.97 Å². The van der Waals surface area contributed by atoms with E-state index in [1.54, 1.807) is 12.3 Å². The number of nitrogens with one attached hydrogen (secondary N) is 1. The lowest BCUT2D eigenvalue weighted by Crippen LogP contribution is -2.22. The number of halogens is 1. The van der Waals surface area contributed by atoms with E-state index in [0.29, 0.717) is 39.0 Å². The third-order valence-corrected chi connectivity index (χ3v) is 7.92. The molecule has 0 spiro atoms. The number of aliphatic hydroxyl groups is 2. The summed E-state index contributed by atoms with van der Waals surface area (Å²) in [7, 11) is -3.96. The molecule has 9 nitrogen and oxygen atoms in total. The molecule has 1 fully saturated rings. The third kappa shape index (κ3) is 6.98. The fourth-order valence-corrected chi connectivity index (χ4v) is 6.04. The van der Waals surface area contributed by atoms with Crippen LogP contribution in [0.5, 0.6) is 0 Å². The van der Waals surface area contributed by atoms with Crippen LogP contribution in [0.25, 0.3) is 0 Å². The predicted molar refractivity (Wildman–Crippen MR) is 134 cm³/mol. The molecule has 5 N–H and O–H groups in total. The first-order chi connectivity index (χ1) is 16.7. The van der Waals surface area contributed by atoms with Gasteiger partial charge in [-0.2, -0.15) is 8.42 Å². The van der Waals surface area contributed by atoms with E-state index in [9.17, 15) is 18.6 Å². The number of rotatable bonds is 10. The van der Waals surface area contributed by atoms with Crippen LogP contribution in [0.2, 0.25) is 4.34 Å². The summed E-state index contributed by atoms with van der Waals surface area (Å²) in [6.07, 6.45) is 3.75. The number of anilines is 1. The molecule has 3 aromatic rings. The molecule has 0 aliphatic heterocycles. The second-order valence-corrected chi connectivity index (χ2v) is 11.5. The highest BCUT2D eigenvalue weighted by Gasteiger charge is 2.28. The lowest BCUT2D eigenvalue weighted by molar-refractivity contribution is 0.178. The Bertz CT molecular complexity index is 1240. The highest BCUT2D eigenvalue weighted by Crippen LogP contribution is 2.39. The molecule has 4 rings (SSSR count). The largest absolute Gasteiger partial charge is 0.388 e. The van der Waals surface area contributed by atoms with Crippen LogP contribution >= 0.6 is 22.9 Å². The molecule has 0 radical (unpaired) electrons. The van der Waals surface area contributed by atoms with Crippen molar-refractivity contribution in [3.8, 4) is 0 Å². The molecule has 1 aromatic carbocycles. The molecule has 1 saturated carbocycles. The topological polar surface area (TPSA) is 148 Å². The third-order valence-electron chi connectivity index (χ3n) is 6.02. The summed E-state index contributed by atoms with van der Waals surface area (Å²) in [6.45, 7) is 0.0397. The van der Waals surface area contributed by atoms with E-state index in [4.69, 9.17) is 20.9 Å².